The van der Waals surface area contributed by atoms with E-state index in [2.05, 4.69) is 41.4 Å². The number of rotatable bonds is 3. The summed E-state index contributed by atoms with van der Waals surface area (Å²) in [6.45, 7) is 6.30. The van der Waals surface area contributed by atoms with Crippen LogP contribution in [-0.4, -0.2) is 53.8 Å². The first-order valence-corrected chi connectivity index (χ1v) is 7.98. The second-order valence-electron chi connectivity index (χ2n) is 6.25. The van der Waals surface area contributed by atoms with Crippen LogP contribution in [0.2, 0.25) is 0 Å². The summed E-state index contributed by atoms with van der Waals surface area (Å²) in [4.78, 5) is 27.8. The fourth-order valence-electron chi connectivity index (χ4n) is 3.10. The molecule has 0 saturated carbocycles. The molecule has 2 amide bonds. The van der Waals surface area contributed by atoms with Crippen molar-refractivity contribution in [1.82, 2.24) is 15.1 Å². The van der Waals surface area contributed by atoms with Gasteiger partial charge < -0.3 is 10.2 Å². The van der Waals surface area contributed by atoms with Crippen LogP contribution in [0.25, 0.3) is 0 Å². The Hall–Kier alpha value is -1.88. The van der Waals surface area contributed by atoms with Crippen molar-refractivity contribution in [2.75, 3.05) is 26.2 Å². The quantitative estimate of drug-likeness (QED) is 0.903. The first-order chi connectivity index (χ1) is 10.6. The minimum Gasteiger partial charge on any atom is -0.344 e. The average Bonchev–Trinajstić information content (AvgIpc) is 2.96. The first kappa shape index (κ1) is 15.0. The van der Waals surface area contributed by atoms with E-state index >= 15 is 0 Å². The number of hydrogen-bond acceptors (Lipinski definition) is 3. The molecule has 0 unspecified atom stereocenters. The van der Waals surface area contributed by atoms with Crippen molar-refractivity contribution in [1.29, 1.82) is 0 Å². The second-order valence-corrected chi connectivity index (χ2v) is 6.25. The third-order valence-corrected chi connectivity index (χ3v) is 4.50. The normalized spacial score (nSPS) is 22.7. The molecule has 2 aliphatic rings. The molecular formula is C17H23N3O2. The molecule has 2 heterocycles. The van der Waals surface area contributed by atoms with E-state index in [0.29, 0.717) is 12.8 Å². The molecule has 5 heteroatoms. The maximum absolute atomic E-state index is 12.3. The van der Waals surface area contributed by atoms with Crippen LogP contribution >= 0.6 is 0 Å². The van der Waals surface area contributed by atoms with Gasteiger partial charge in [0.15, 0.2) is 0 Å². The predicted octanol–water partition coefficient (Wildman–Crippen LogP) is 0.918. The fraction of sp³-hybridized carbons (Fsp3) is 0.529. The van der Waals surface area contributed by atoms with E-state index in [4.69, 9.17) is 0 Å². The zero-order chi connectivity index (χ0) is 15.5. The Morgan fingerprint density at radius 1 is 1.18 bits per heavy atom. The largest absolute Gasteiger partial charge is 0.344 e. The molecule has 5 nitrogen and oxygen atoms in total. The lowest BCUT2D eigenvalue weighted by atomic mass is 10.1. The Balaban J connectivity index is 1.48. The molecule has 1 atom stereocenters. The minimum absolute atomic E-state index is 0.00337. The number of piperazine rings is 1. The Morgan fingerprint density at radius 3 is 2.45 bits per heavy atom. The van der Waals surface area contributed by atoms with Gasteiger partial charge in [0.25, 0.3) is 0 Å². The van der Waals surface area contributed by atoms with Crippen LogP contribution in [0.5, 0.6) is 0 Å². The van der Waals surface area contributed by atoms with Gasteiger partial charge in [-0.3, -0.25) is 14.5 Å². The molecule has 0 radical (unpaired) electrons. The van der Waals surface area contributed by atoms with Gasteiger partial charge in [-0.05, 0) is 18.9 Å². The molecule has 0 aliphatic carbocycles. The molecule has 2 aliphatic heterocycles. The van der Waals surface area contributed by atoms with Crippen LogP contribution in [0.1, 0.15) is 24.0 Å². The molecule has 2 saturated heterocycles. The van der Waals surface area contributed by atoms with E-state index in [-0.39, 0.29) is 17.9 Å². The van der Waals surface area contributed by atoms with Crippen LogP contribution in [0.3, 0.4) is 0 Å². The first-order valence-electron chi connectivity index (χ1n) is 7.98. The lowest BCUT2D eigenvalue weighted by molar-refractivity contribution is -0.136. The summed E-state index contributed by atoms with van der Waals surface area (Å²) in [6.07, 6.45) is 1.12. The molecule has 22 heavy (non-hydrogen) atoms. The molecular weight excluding hydrogens is 278 g/mol. The zero-order valence-corrected chi connectivity index (χ0v) is 13.0. The number of carbonyl (C=O) groups excluding carboxylic acids is 2. The van der Waals surface area contributed by atoms with E-state index < -0.39 is 0 Å². The fourth-order valence-corrected chi connectivity index (χ4v) is 3.10. The van der Waals surface area contributed by atoms with E-state index in [1.807, 2.05) is 4.90 Å². The monoisotopic (exact) mass is 301 g/mol. The Labute approximate surface area is 131 Å². The van der Waals surface area contributed by atoms with E-state index in [0.717, 1.165) is 32.7 Å². The number of nitrogens with zero attached hydrogens (tertiary/aromatic N) is 2. The van der Waals surface area contributed by atoms with Gasteiger partial charge in [0.05, 0.1) is 0 Å². The van der Waals surface area contributed by atoms with Crippen molar-refractivity contribution in [3.63, 3.8) is 0 Å². The lowest BCUT2D eigenvalue weighted by Gasteiger charge is -2.35. The van der Waals surface area contributed by atoms with Crippen LogP contribution in [-0.2, 0) is 16.1 Å². The van der Waals surface area contributed by atoms with Crippen LogP contribution in [0.15, 0.2) is 24.3 Å². The van der Waals surface area contributed by atoms with Crippen molar-refractivity contribution < 1.29 is 9.59 Å². The number of amides is 2. The van der Waals surface area contributed by atoms with E-state index in [1.54, 1.807) is 0 Å². The summed E-state index contributed by atoms with van der Waals surface area (Å²) >= 11 is 0. The number of carbonyl (C=O) groups is 2. The molecule has 1 aromatic carbocycles. The maximum Gasteiger partial charge on any atom is 0.245 e. The van der Waals surface area contributed by atoms with E-state index in [9.17, 15) is 9.59 Å². The third-order valence-electron chi connectivity index (χ3n) is 4.50. The molecule has 0 spiro atoms. The van der Waals surface area contributed by atoms with Gasteiger partial charge in [-0.2, -0.15) is 0 Å². The number of nitrogens with one attached hydrogen (secondary N) is 1. The summed E-state index contributed by atoms with van der Waals surface area (Å²) < 4.78 is 0. The Bertz CT molecular complexity index is 548. The highest BCUT2D eigenvalue weighted by atomic mass is 16.2. The summed E-state index contributed by atoms with van der Waals surface area (Å²) in [6, 6.07) is 8.31. The standard InChI is InChI=1S/C17H23N3O2/c1-13-2-4-14(5-3-13)12-19-8-10-20(11-9-19)17(22)15-6-7-16(21)18-15/h2-5,15H,6-12H2,1H3,(H,18,21)/t15-/m0/s1. The second kappa shape index (κ2) is 6.48. The molecule has 0 bridgehead atoms. The molecule has 118 valence electrons. The topological polar surface area (TPSA) is 52.7 Å². The lowest BCUT2D eigenvalue weighted by Crippen LogP contribution is -2.53. The van der Waals surface area contributed by atoms with Gasteiger partial charge >= 0.3 is 0 Å². The van der Waals surface area contributed by atoms with Crippen molar-refractivity contribution in [2.45, 2.75) is 32.4 Å². The Kier molecular flexibility index (Phi) is 4.43. The van der Waals surface area contributed by atoms with Gasteiger partial charge in [0.1, 0.15) is 6.04 Å². The maximum atomic E-state index is 12.3. The molecule has 2 fully saturated rings. The number of aryl methyl sites for hydroxylation is 1. The van der Waals surface area contributed by atoms with Gasteiger partial charge in [-0.25, -0.2) is 0 Å². The van der Waals surface area contributed by atoms with E-state index in [1.165, 1.54) is 11.1 Å². The summed E-state index contributed by atoms with van der Waals surface area (Å²) in [5, 5.41) is 2.76. The average molecular weight is 301 g/mol. The van der Waals surface area contributed by atoms with Crippen molar-refractivity contribution >= 4 is 11.8 Å². The smallest absolute Gasteiger partial charge is 0.245 e. The summed E-state index contributed by atoms with van der Waals surface area (Å²) in [5.41, 5.74) is 2.59. The van der Waals surface area contributed by atoms with Crippen molar-refractivity contribution in [3.8, 4) is 0 Å². The third kappa shape index (κ3) is 3.47. The molecule has 3 rings (SSSR count). The molecule has 1 N–H and O–H groups in total. The highest BCUT2D eigenvalue weighted by Crippen LogP contribution is 2.14. The molecule has 1 aromatic rings. The van der Waals surface area contributed by atoms with Gasteiger partial charge in [-0.15, -0.1) is 0 Å². The minimum atomic E-state index is -0.295. The van der Waals surface area contributed by atoms with Crippen molar-refractivity contribution in [3.05, 3.63) is 35.4 Å². The number of hydrogen-bond donors (Lipinski definition) is 1. The van der Waals surface area contributed by atoms with Gasteiger partial charge in [0.2, 0.25) is 11.8 Å². The predicted molar refractivity (Wildman–Crippen MR) is 84.2 cm³/mol. The van der Waals surface area contributed by atoms with Gasteiger partial charge in [0, 0.05) is 39.1 Å². The SMILES string of the molecule is Cc1ccc(CN2CCN(C(=O)[C@@H]3CCC(=O)N3)CC2)cc1. The van der Waals surface area contributed by atoms with Gasteiger partial charge in [-0.1, -0.05) is 29.8 Å². The molecule has 0 aromatic heterocycles. The van der Waals surface area contributed by atoms with Crippen LogP contribution in [0.4, 0.5) is 0 Å². The highest BCUT2D eigenvalue weighted by Gasteiger charge is 2.32. The highest BCUT2D eigenvalue weighted by molar-refractivity contribution is 5.90. The summed E-state index contributed by atoms with van der Waals surface area (Å²) in [7, 11) is 0. The number of benzene rings is 1. The van der Waals surface area contributed by atoms with Crippen LogP contribution < -0.4 is 5.32 Å². The van der Waals surface area contributed by atoms with Crippen LogP contribution in [0, 0.1) is 6.92 Å². The zero-order valence-electron chi connectivity index (χ0n) is 13.0. The Morgan fingerprint density at radius 2 is 1.86 bits per heavy atom. The van der Waals surface area contributed by atoms with Crippen molar-refractivity contribution in [2.24, 2.45) is 0 Å². The summed E-state index contributed by atoms with van der Waals surface area (Å²) in [5.74, 6) is 0.0807.